The zero-order chi connectivity index (χ0) is 32.3. The Morgan fingerprint density at radius 2 is 1.41 bits per heavy atom. The molecule has 226 valence electrons. The minimum atomic E-state index is -0.399. The van der Waals surface area contributed by atoms with E-state index in [2.05, 4.69) is 137 Å². The number of aliphatic imine (C=N–C) groups is 1. The van der Waals surface area contributed by atoms with Crippen LogP contribution in [0, 0.1) is 0 Å². The van der Waals surface area contributed by atoms with Crippen molar-refractivity contribution in [2.75, 3.05) is 0 Å². The van der Waals surface area contributed by atoms with Gasteiger partial charge in [-0.25, -0.2) is 0 Å². The summed E-state index contributed by atoms with van der Waals surface area (Å²) in [5, 5.41) is 0. The Bertz CT molecular complexity index is 2020. The van der Waals surface area contributed by atoms with Gasteiger partial charge in [0.1, 0.15) is 0 Å². The van der Waals surface area contributed by atoms with Crippen molar-refractivity contribution >= 4 is 23.1 Å². The standard InChI is InChI=1S/C45H41N/c1-7-10-18-34(8-2)35(9-3)26-25-31(4)37-27-28-40-38-21-14-16-23-42(38)45(44(40)29-37)32(5)41(39-22-15-17-24-43(39)45)30-46-33(6)36-19-12-11-13-20-36/h7-8,10-30H,2,6,9H2,1,3-5H3/b10-7-,31-25+,34-18+,35-26+,46-30?. The first-order chi connectivity index (χ1) is 22.4. The molecule has 4 aromatic rings. The van der Waals surface area contributed by atoms with E-state index < -0.39 is 5.41 Å². The Morgan fingerprint density at radius 1 is 0.761 bits per heavy atom. The lowest BCUT2D eigenvalue weighted by molar-refractivity contribution is 0.766. The van der Waals surface area contributed by atoms with E-state index in [0.717, 1.165) is 28.8 Å². The summed E-state index contributed by atoms with van der Waals surface area (Å²) in [7, 11) is 0. The second-order valence-corrected chi connectivity index (χ2v) is 12.0. The monoisotopic (exact) mass is 595 g/mol. The van der Waals surface area contributed by atoms with Gasteiger partial charge in [0.2, 0.25) is 0 Å². The van der Waals surface area contributed by atoms with Crippen LogP contribution in [0.15, 0.2) is 168 Å². The lowest BCUT2D eigenvalue weighted by Crippen LogP contribution is -2.26. The second kappa shape index (κ2) is 13.0. The fraction of sp³-hybridized carbons (Fsp3) is 0.133. The van der Waals surface area contributed by atoms with Crippen LogP contribution < -0.4 is 0 Å². The van der Waals surface area contributed by atoms with Gasteiger partial charge < -0.3 is 0 Å². The number of rotatable bonds is 9. The van der Waals surface area contributed by atoms with Gasteiger partial charge in [-0.05, 0) is 100 Å². The molecule has 1 heteroatoms. The number of allylic oxidation sites excluding steroid dienone is 11. The van der Waals surface area contributed by atoms with Crippen molar-refractivity contribution in [3.63, 3.8) is 0 Å². The Kier molecular flexibility index (Phi) is 8.68. The molecule has 0 aromatic heterocycles. The van der Waals surface area contributed by atoms with Crippen LogP contribution in [-0.4, -0.2) is 6.21 Å². The number of nitrogens with zero attached hydrogens (tertiary/aromatic N) is 1. The average molecular weight is 596 g/mol. The van der Waals surface area contributed by atoms with Gasteiger partial charge in [-0.3, -0.25) is 4.99 Å². The topological polar surface area (TPSA) is 12.4 Å². The molecule has 1 nitrogen and oxygen atoms in total. The molecule has 0 amide bonds. The third-order valence-electron chi connectivity index (χ3n) is 9.52. The summed E-state index contributed by atoms with van der Waals surface area (Å²) >= 11 is 0. The molecule has 4 aromatic carbocycles. The summed E-state index contributed by atoms with van der Waals surface area (Å²) < 4.78 is 0. The quantitative estimate of drug-likeness (QED) is 0.135. The van der Waals surface area contributed by atoms with Crippen molar-refractivity contribution in [1.82, 2.24) is 0 Å². The molecular formula is C45H41N. The van der Waals surface area contributed by atoms with Crippen LogP contribution in [0.1, 0.15) is 67.5 Å². The molecule has 2 aliphatic carbocycles. The maximum Gasteiger partial charge on any atom is 0.0686 e. The molecule has 1 spiro atoms. The van der Waals surface area contributed by atoms with Gasteiger partial charge in [-0.1, -0.05) is 148 Å². The molecule has 46 heavy (non-hydrogen) atoms. The summed E-state index contributed by atoms with van der Waals surface area (Å²) in [5.41, 5.74) is 16.5. The molecule has 0 N–H and O–H groups in total. The Morgan fingerprint density at radius 3 is 2.11 bits per heavy atom. The zero-order valence-corrected chi connectivity index (χ0v) is 27.3. The van der Waals surface area contributed by atoms with Gasteiger partial charge in [0.25, 0.3) is 0 Å². The molecule has 0 radical (unpaired) electrons. The first kappa shape index (κ1) is 30.7. The molecule has 6 rings (SSSR count). The molecule has 0 heterocycles. The third-order valence-corrected chi connectivity index (χ3v) is 9.52. The second-order valence-electron chi connectivity index (χ2n) is 12.0. The summed E-state index contributed by atoms with van der Waals surface area (Å²) in [5.74, 6) is 0. The molecule has 0 saturated carbocycles. The van der Waals surface area contributed by atoms with Crippen molar-refractivity contribution < 1.29 is 0 Å². The molecule has 2 aliphatic rings. The van der Waals surface area contributed by atoms with E-state index in [0.29, 0.717) is 0 Å². The average Bonchev–Trinajstić information content (AvgIpc) is 3.54. The van der Waals surface area contributed by atoms with Crippen LogP contribution >= 0.6 is 0 Å². The summed E-state index contributed by atoms with van der Waals surface area (Å²) in [6.45, 7) is 17.1. The fourth-order valence-corrected chi connectivity index (χ4v) is 7.13. The van der Waals surface area contributed by atoms with E-state index in [-0.39, 0.29) is 0 Å². The number of hydrogen-bond acceptors (Lipinski definition) is 1. The predicted octanol–water partition coefficient (Wildman–Crippen LogP) is 12.0. The van der Waals surface area contributed by atoms with Crippen LogP contribution in [0.4, 0.5) is 0 Å². The third kappa shape index (κ3) is 5.12. The minimum absolute atomic E-state index is 0.399. The van der Waals surface area contributed by atoms with Crippen LogP contribution in [0.2, 0.25) is 0 Å². The van der Waals surface area contributed by atoms with E-state index in [1.54, 1.807) is 0 Å². The Balaban J connectivity index is 1.51. The minimum Gasteiger partial charge on any atom is -0.256 e. The van der Waals surface area contributed by atoms with Gasteiger partial charge in [0.15, 0.2) is 0 Å². The lowest BCUT2D eigenvalue weighted by atomic mass is 9.70. The Labute approximate surface area is 274 Å². The van der Waals surface area contributed by atoms with Crippen molar-refractivity contribution in [1.29, 1.82) is 0 Å². The summed E-state index contributed by atoms with van der Waals surface area (Å²) in [6.07, 6.45) is 15.6. The van der Waals surface area contributed by atoms with E-state index >= 15 is 0 Å². The number of fused-ring (bicyclic) bond motifs is 7. The van der Waals surface area contributed by atoms with Crippen molar-refractivity contribution in [2.24, 2.45) is 4.99 Å². The van der Waals surface area contributed by atoms with E-state index in [9.17, 15) is 0 Å². The largest absolute Gasteiger partial charge is 0.256 e. The highest BCUT2D eigenvalue weighted by Crippen LogP contribution is 2.61. The highest BCUT2D eigenvalue weighted by molar-refractivity contribution is 6.17. The summed E-state index contributed by atoms with van der Waals surface area (Å²) in [6, 6.07) is 35.0. The Hall–Kier alpha value is -5.27. The smallest absolute Gasteiger partial charge is 0.0686 e. The van der Waals surface area contributed by atoms with Gasteiger partial charge in [-0.2, -0.15) is 0 Å². The maximum atomic E-state index is 4.92. The molecular weight excluding hydrogens is 555 g/mol. The van der Waals surface area contributed by atoms with Crippen LogP contribution in [0.5, 0.6) is 0 Å². The highest BCUT2D eigenvalue weighted by atomic mass is 14.7. The predicted molar refractivity (Wildman–Crippen MR) is 200 cm³/mol. The highest BCUT2D eigenvalue weighted by Gasteiger charge is 2.51. The number of benzene rings is 4. The SMILES string of the molecule is C=CC(=C\C=C/C)/C(=C/C=C(\C)c1ccc2c(c1)C1(C(C)=C(C=NC(=C)c3ccccc3)c3ccccc31)c1ccccc1-2)CC. The molecule has 1 unspecified atom stereocenters. The van der Waals surface area contributed by atoms with E-state index in [1.165, 1.54) is 55.7 Å². The van der Waals surface area contributed by atoms with Crippen LogP contribution in [-0.2, 0) is 5.41 Å². The maximum absolute atomic E-state index is 4.92. The molecule has 0 saturated heterocycles. The first-order valence-electron chi connectivity index (χ1n) is 16.1. The zero-order valence-electron chi connectivity index (χ0n) is 27.3. The van der Waals surface area contributed by atoms with Gasteiger partial charge in [-0.15, -0.1) is 0 Å². The molecule has 1 atom stereocenters. The fourth-order valence-electron chi connectivity index (χ4n) is 7.13. The molecule has 0 aliphatic heterocycles. The van der Waals surface area contributed by atoms with Gasteiger partial charge >= 0.3 is 0 Å². The van der Waals surface area contributed by atoms with E-state index in [4.69, 9.17) is 4.99 Å². The van der Waals surface area contributed by atoms with Gasteiger partial charge in [0, 0.05) is 11.8 Å². The van der Waals surface area contributed by atoms with E-state index in [1.807, 2.05) is 43.5 Å². The van der Waals surface area contributed by atoms with Crippen molar-refractivity contribution in [3.05, 3.63) is 197 Å². The van der Waals surface area contributed by atoms with Crippen LogP contribution in [0.3, 0.4) is 0 Å². The number of hydrogen-bond donors (Lipinski definition) is 0. The first-order valence-corrected chi connectivity index (χ1v) is 16.1. The van der Waals surface area contributed by atoms with Gasteiger partial charge in [0.05, 0.1) is 11.1 Å². The normalized spacial score (nSPS) is 17.6. The molecule has 0 fully saturated rings. The van der Waals surface area contributed by atoms with Crippen molar-refractivity contribution in [2.45, 2.75) is 39.5 Å². The lowest BCUT2D eigenvalue weighted by Gasteiger charge is -2.31. The molecule has 0 bridgehead atoms. The summed E-state index contributed by atoms with van der Waals surface area (Å²) in [4.78, 5) is 4.92. The van der Waals surface area contributed by atoms with Crippen molar-refractivity contribution in [3.8, 4) is 11.1 Å². The van der Waals surface area contributed by atoms with Crippen LogP contribution in [0.25, 0.3) is 28.0 Å².